The predicted molar refractivity (Wildman–Crippen MR) is 61.5 cm³/mol. The molecule has 0 bridgehead atoms. The first-order chi connectivity index (χ1) is 8.05. The van der Waals surface area contributed by atoms with Crippen LogP contribution in [0.1, 0.15) is 25.3 Å². The molecule has 0 spiro atoms. The molecular formula is C13H17FO3. The lowest BCUT2D eigenvalue weighted by molar-refractivity contribution is -0.112. The second kappa shape index (κ2) is 4.63. The Bertz CT molecular complexity index is 408. The maximum absolute atomic E-state index is 13.6. The van der Waals surface area contributed by atoms with Gasteiger partial charge in [0, 0.05) is 6.42 Å². The Hall–Kier alpha value is -1.13. The zero-order valence-electron chi connectivity index (χ0n) is 10.1. The first-order valence-electron chi connectivity index (χ1n) is 5.71. The van der Waals surface area contributed by atoms with E-state index in [4.69, 9.17) is 9.47 Å². The summed E-state index contributed by atoms with van der Waals surface area (Å²) in [5, 5.41) is 9.68. The molecular weight excluding hydrogens is 223 g/mol. The van der Waals surface area contributed by atoms with Gasteiger partial charge in [0.05, 0.1) is 25.4 Å². The van der Waals surface area contributed by atoms with Crippen LogP contribution in [0.4, 0.5) is 4.39 Å². The van der Waals surface area contributed by atoms with Gasteiger partial charge < -0.3 is 14.6 Å². The van der Waals surface area contributed by atoms with Crippen molar-refractivity contribution in [3.8, 4) is 5.75 Å². The molecule has 0 aliphatic carbocycles. The Morgan fingerprint density at radius 1 is 1.53 bits per heavy atom. The third-order valence-electron chi connectivity index (χ3n) is 3.26. The molecule has 0 amide bonds. The molecule has 0 saturated carbocycles. The van der Waals surface area contributed by atoms with Crippen molar-refractivity contribution >= 4 is 0 Å². The number of aliphatic hydroxyl groups is 1. The van der Waals surface area contributed by atoms with Crippen molar-refractivity contribution in [1.29, 1.82) is 0 Å². The summed E-state index contributed by atoms with van der Waals surface area (Å²) < 4.78 is 24.2. The lowest BCUT2D eigenvalue weighted by atomic mass is 9.87. The fourth-order valence-corrected chi connectivity index (χ4v) is 2.23. The van der Waals surface area contributed by atoms with Gasteiger partial charge in [-0.3, -0.25) is 0 Å². The molecule has 4 heteroatoms. The van der Waals surface area contributed by atoms with Crippen LogP contribution in [-0.4, -0.2) is 24.9 Å². The Balaban J connectivity index is 2.29. The Labute approximate surface area is 100 Å². The third kappa shape index (κ3) is 2.42. The summed E-state index contributed by atoms with van der Waals surface area (Å²) >= 11 is 0. The first kappa shape index (κ1) is 12.3. The van der Waals surface area contributed by atoms with Crippen molar-refractivity contribution in [3.05, 3.63) is 29.6 Å². The standard InChI is InChI=1S/C13H17FO3/c1-13(8-10(15)5-6-17-13)9-3-4-12(16-2)11(14)7-9/h3-4,7,10,15H,5-6,8H2,1-2H3. The van der Waals surface area contributed by atoms with E-state index in [2.05, 4.69) is 0 Å². The summed E-state index contributed by atoms with van der Waals surface area (Å²) in [6, 6.07) is 4.77. The summed E-state index contributed by atoms with van der Waals surface area (Å²) in [6.45, 7) is 2.36. The number of aliphatic hydroxyl groups excluding tert-OH is 1. The zero-order chi connectivity index (χ0) is 12.5. The summed E-state index contributed by atoms with van der Waals surface area (Å²) in [7, 11) is 1.43. The minimum atomic E-state index is -0.620. The van der Waals surface area contributed by atoms with Crippen LogP contribution in [0, 0.1) is 5.82 Å². The normalized spacial score (nSPS) is 29.1. The second-order valence-corrected chi connectivity index (χ2v) is 4.58. The quantitative estimate of drug-likeness (QED) is 0.861. The number of rotatable bonds is 2. The van der Waals surface area contributed by atoms with E-state index in [1.807, 2.05) is 6.92 Å². The molecule has 1 aliphatic heterocycles. The molecule has 17 heavy (non-hydrogen) atoms. The van der Waals surface area contributed by atoms with E-state index >= 15 is 0 Å². The molecule has 1 saturated heterocycles. The number of hydrogen-bond acceptors (Lipinski definition) is 3. The van der Waals surface area contributed by atoms with E-state index in [1.165, 1.54) is 13.2 Å². The monoisotopic (exact) mass is 240 g/mol. The third-order valence-corrected chi connectivity index (χ3v) is 3.26. The minimum absolute atomic E-state index is 0.216. The average Bonchev–Trinajstić information content (AvgIpc) is 2.28. The van der Waals surface area contributed by atoms with Crippen molar-refractivity contribution in [2.75, 3.05) is 13.7 Å². The summed E-state index contributed by atoms with van der Waals surface area (Å²) in [5.74, 6) is -0.191. The van der Waals surface area contributed by atoms with Crippen LogP contribution >= 0.6 is 0 Å². The highest BCUT2D eigenvalue weighted by molar-refractivity contribution is 5.32. The van der Waals surface area contributed by atoms with Crippen LogP contribution in [0.2, 0.25) is 0 Å². The predicted octanol–water partition coefficient (Wildman–Crippen LogP) is 2.22. The summed E-state index contributed by atoms with van der Waals surface area (Å²) in [6.07, 6.45) is 0.728. The van der Waals surface area contributed by atoms with E-state index in [0.717, 1.165) is 5.56 Å². The first-order valence-corrected chi connectivity index (χ1v) is 5.71. The number of ether oxygens (including phenoxy) is 2. The summed E-state index contributed by atoms with van der Waals surface area (Å²) in [5.41, 5.74) is 0.111. The lowest BCUT2D eigenvalue weighted by Crippen LogP contribution is -2.37. The van der Waals surface area contributed by atoms with Crippen molar-refractivity contribution in [2.24, 2.45) is 0 Å². The van der Waals surface area contributed by atoms with Gasteiger partial charge in [0.25, 0.3) is 0 Å². The van der Waals surface area contributed by atoms with Crippen molar-refractivity contribution < 1.29 is 19.0 Å². The van der Waals surface area contributed by atoms with Gasteiger partial charge >= 0.3 is 0 Å². The molecule has 1 heterocycles. The van der Waals surface area contributed by atoms with Gasteiger partial charge in [-0.2, -0.15) is 0 Å². The maximum atomic E-state index is 13.6. The molecule has 1 aromatic carbocycles. The molecule has 1 aliphatic rings. The molecule has 3 nitrogen and oxygen atoms in total. The van der Waals surface area contributed by atoms with E-state index < -0.39 is 11.4 Å². The Morgan fingerprint density at radius 2 is 2.29 bits per heavy atom. The molecule has 0 aromatic heterocycles. The van der Waals surface area contributed by atoms with Crippen LogP contribution in [0.5, 0.6) is 5.75 Å². The molecule has 94 valence electrons. The van der Waals surface area contributed by atoms with Crippen LogP contribution in [-0.2, 0) is 10.3 Å². The van der Waals surface area contributed by atoms with E-state index in [-0.39, 0.29) is 11.9 Å². The molecule has 2 atom stereocenters. The van der Waals surface area contributed by atoms with Gasteiger partial charge in [-0.05, 0) is 31.0 Å². The second-order valence-electron chi connectivity index (χ2n) is 4.58. The highest BCUT2D eigenvalue weighted by Crippen LogP contribution is 2.36. The van der Waals surface area contributed by atoms with Gasteiger partial charge in [-0.15, -0.1) is 0 Å². The lowest BCUT2D eigenvalue weighted by Gasteiger charge is -2.37. The van der Waals surface area contributed by atoms with Gasteiger partial charge in [0.15, 0.2) is 11.6 Å². The molecule has 1 fully saturated rings. The topological polar surface area (TPSA) is 38.7 Å². The van der Waals surface area contributed by atoms with Gasteiger partial charge in [-0.25, -0.2) is 4.39 Å². The summed E-state index contributed by atoms with van der Waals surface area (Å²) in [4.78, 5) is 0. The van der Waals surface area contributed by atoms with E-state index in [1.54, 1.807) is 12.1 Å². The average molecular weight is 240 g/mol. The number of benzene rings is 1. The molecule has 2 unspecified atom stereocenters. The number of methoxy groups -OCH3 is 1. The van der Waals surface area contributed by atoms with Crippen LogP contribution < -0.4 is 4.74 Å². The van der Waals surface area contributed by atoms with Crippen LogP contribution in [0.15, 0.2) is 18.2 Å². The Kier molecular flexibility index (Phi) is 3.35. The minimum Gasteiger partial charge on any atom is -0.494 e. The van der Waals surface area contributed by atoms with Crippen LogP contribution in [0.3, 0.4) is 0 Å². The highest BCUT2D eigenvalue weighted by atomic mass is 19.1. The molecule has 0 radical (unpaired) electrons. The zero-order valence-corrected chi connectivity index (χ0v) is 10.1. The van der Waals surface area contributed by atoms with Crippen molar-refractivity contribution in [2.45, 2.75) is 31.5 Å². The van der Waals surface area contributed by atoms with Gasteiger partial charge in [-0.1, -0.05) is 6.07 Å². The number of halogens is 1. The largest absolute Gasteiger partial charge is 0.494 e. The van der Waals surface area contributed by atoms with E-state index in [9.17, 15) is 9.50 Å². The SMILES string of the molecule is COc1ccc(C2(C)CC(O)CCO2)cc1F. The molecule has 1 aromatic rings. The van der Waals surface area contributed by atoms with Crippen LogP contribution in [0.25, 0.3) is 0 Å². The Morgan fingerprint density at radius 3 is 2.88 bits per heavy atom. The smallest absolute Gasteiger partial charge is 0.165 e. The van der Waals surface area contributed by atoms with Crippen molar-refractivity contribution in [3.63, 3.8) is 0 Å². The van der Waals surface area contributed by atoms with Gasteiger partial charge in [0.2, 0.25) is 0 Å². The van der Waals surface area contributed by atoms with Gasteiger partial charge in [0.1, 0.15) is 0 Å². The fraction of sp³-hybridized carbons (Fsp3) is 0.538. The maximum Gasteiger partial charge on any atom is 0.165 e. The molecule has 2 rings (SSSR count). The highest BCUT2D eigenvalue weighted by Gasteiger charge is 2.34. The van der Waals surface area contributed by atoms with E-state index in [0.29, 0.717) is 19.4 Å². The molecule has 1 N–H and O–H groups in total. The number of hydrogen-bond donors (Lipinski definition) is 1. The fourth-order valence-electron chi connectivity index (χ4n) is 2.23. The van der Waals surface area contributed by atoms with Crippen molar-refractivity contribution in [1.82, 2.24) is 0 Å².